The average Bonchev–Trinajstić information content (AvgIpc) is 2.30. The topological polar surface area (TPSA) is 47.5 Å². The second-order valence-electron chi connectivity index (χ2n) is 3.69. The third-order valence-electron chi connectivity index (χ3n) is 2.39. The number of nitrogens with zero attached hydrogens (tertiary/aromatic N) is 3. The second-order valence-corrected chi connectivity index (χ2v) is 3.69. The Morgan fingerprint density at radius 1 is 1.35 bits per heavy atom. The lowest BCUT2D eigenvalue weighted by Crippen LogP contribution is -2.39. The summed E-state index contributed by atoms with van der Waals surface area (Å²) in [6, 6.07) is 1.39. The average molecular weight is 243 g/mol. The smallest absolute Gasteiger partial charge is 0.218 e. The third kappa shape index (κ3) is 4.24. The Morgan fingerprint density at radius 3 is 2.71 bits per heavy atom. The van der Waals surface area contributed by atoms with Crippen molar-refractivity contribution in [2.24, 2.45) is 0 Å². The Balaban J connectivity index is 2.81. The highest BCUT2D eigenvalue weighted by Gasteiger charge is 2.16. The van der Waals surface area contributed by atoms with Crippen LogP contribution in [-0.4, -0.2) is 50.0 Å². The monoisotopic (exact) mass is 243 g/mol. The zero-order chi connectivity index (χ0) is 12.7. The summed E-state index contributed by atoms with van der Waals surface area (Å²) in [5.74, 6) is 0.00105. The molecule has 0 bridgehead atoms. The van der Waals surface area contributed by atoms with Crippen molar-refractivity contribution in [1.29, 1.82) is 0 Å². The fourth-order valence-electron chi connectivity index (χ4n) is 1.56. The minimum Gasteiger partial charge on any atom is -0.383 e. The molecule has 1 atom stereocenters. The Bertz CT molecular complexity index is 338. The molecule has 0 aliphatic rings. The molecule has 1 rings (SSSR count). The first-order valence-corrected chi connectivity index (χ1v) is 5.41. The van der Waals surface area contributed by atoms with E-state index in [-0.39, 0.29) is 6.04 Å². The van der Waals surface area contributed by atoms with E-state index in [9.17, 15) is 4.39 Å². The maximum Gasteiger partial charge on any atom is 0.218 e. The van der Waals surface area contributed by atoms with Crippen LogP contribution in [0.4, 0.5) is 10.2 Å². The number of rotatable bonds is 7. The summed E-state index contributed by atoms with van der Waals surface area (Å²) in [4.78, 5) is 9.43. The summed E-state index contributed by atoms with van der Waals surface area (Å²) < 4.78 is 23.2. The molecule has 0 N–H and O–H groups in total. The zero-order valence-electron chi connectivity index (χ0n) is 10.4. The van der Waals surface area contributed by atoms with Gasteiger partial charge in [0.15, 0.2) is 0 Å². The summed E-state index contributed by atoms with van der Waals surface area (Å²) in [6.07, 6.45) is 1.21. The van der Waals surface area contributed by atoms with Crippen LogP contribution in [0.1, 0.15) is 6.92 Å². The van der Waals surface area contributed by atoms with Crippen molar-refractivity contribution in [3.63, 3.8) is 0 Å². The quantitative estimate of drug-likeness (QED) is 0.671. The minimum atomic E-state index is -0.540. The molecule has 1 aromatic heterocycles. The number of halogens is 1. The molecule has 0 amide bonds. The van der Waals surface area contributed by atoms with E-state index in [1.54, 1.807) is 14.2 Å². The number of hydrogen-bond donors (Lipinski definition) is 0. The molecule has 0 spiro atoms. The molecule has 1 aromatic rings. The fraction of sp³-hybridized carbons (Fsp3) is 0.636. The van der Waals surface area contributed by atoms with Gasteiger partial charge in [0.05, 0.1) is 19.3 Å². The number of aromatic nitrogens is 2. The van der Waals surface area contributed by atoms with E-state index in [0.717, 1.165) is 0 Å². The van der Waals surface area contributed by atoms with Crippen LogP contribution in [-0.2, 0) is 9.47 Å². The van der Waals surface area contributed by atoms with Crippen LogP contribution >= 0.6 is 0 Å². The summed E-state index contributed by atoms with van der Waals surface area (Å²) in [7, 11) is 3.26. The van der Waals surface area contributed by atoms with Crippen LogP contribution in [0.15, 0.2) is 12.4 Å². The van der Waals surface area contributed by atoms with Gasteiger partial charge in [0.25, 0.3) is 0 Å². The lowest BCUT2D eigenvalue weighted by Gasteiger charge is -2.29. The first-order valence-electron chi connectivity index (χ1n) is 5.41. The van der Waals surface area contributed by atoms with Crippen molar-refractivity contribution in [3.05, 3.63) is 18.3 Å². The third-order valence-corrected chi connectivity index (χ3v) is 2.39. The van der Waals surface area contributed by atoms with E-state index in [0.29, 0.717) is 25.6 Å². The number of ether oxygens (including phenoxy) is 2. The maximum absolute atomic E-state index is 13.1. The number of anilines is 1. The van der Waals surface area contributed by atoms with Gasteiger partial charge in [0.2, 0.25) is 5.95 Å². The molecule has 6 heteroatoms. The van der Waals surface area contributed by atoms with Gasteiger partial charge in [-0.1, -0.05) is 0 Å². The van der Waals surface area contributed by atoms with Crippen molar-refractivity contribution in [3.8, 4) is 0 Å². The van der Waals surface area contributed by atoms with Gasteiger partial charge in [0, 0.05) is 26.8 Å². The largest absolute Gasteiger partial charge is 0.383 e. The Hall–Kier alpha value is -1.27. The van der Waals surface area contributed by atoms with Crippen molar-refractivity contribution >= 4 is 5.82 Å². The van der Waals surface area contributed by atoms with E-state index >= 15 is 0 Å². The highest BCUT2D eigenvalue weighted by molar-refractivity contribution is 5.38. The van der Waals surface area contributed by atoms with Crippen molar-refractivity contribution in [1.82, 2.24) is 9.97 Å². The highest BCUT2D eigenvalue weighted by atomic mass is 19.1. The fourth-order valence-corrected chi connectivity index (χ4v) is 1.56. The number of hydrogen-bond acceptors (Lipinski definition) is 5. The molecule has 5 nitrogen and oxygen atoms in total. The van der Waals surface area contributed by atoms with Gasteiger partial charge in [-0.15, -0.1) is 0 Å². The lowest BCUT2D eigenvalue weighted by molar-refractivity contribution is 0.170. The first-order chi connectivity index (χ1) is 8.19. The summed E-state index contributed by atoms with van der Waals surface area (Å²) in [6.45, 7) is 3.69. The van der Waals surface area contributed by atoms with Gasteiger partial charge in [-0.2, -0.15) is 4.39 Å². The summed E-state index contributed by atoms with van der Waals surface area (Å²) in [5.41, 5.74) is 0. The van der Waals surface area contributed by atoms with Gasteiger partial charge >= 0.3 is 0 Å². The minimum absolute atomic E-state index is 0.0875. The van der Waals surface area contributed by atoms with Crippen LogP contribution in [0, 0.1) is 5.95 Å². The van der Waals surface area contributed by atoms with Gasteiger partial charge in [-0.25, -0.2) is 9.97 Å². The normalized spacial score (nSPS) is 12.5. The predicted octanol–water partition coefficient (Wildman–Crippen LogP) is 1.10. The molecule has 0 aromatic carbocycles. The molecule has 0 saturated heterocycles. The molecular formula is C11H18FN3O2. The molecule has 0 aliphatic carbocycles. The van der Waals surface area contributed by atoms with Crippen LogP contribution in [0.3, 0.4) is 0 Å². The molecule has 0 radical (unpaired) electrons. The van der Waals surface area contributed by atoms with E-state index in [1.165, 1.54) is 12.4 Å². The zero-order valence-corrected chi connectivity index (χ0v) is 10.4. The Morgan fingerprint density at radius 2 is 2.12 bits per heavy atom. The molecule has 0 aliphatic heterocycles. The van der Waals surface area contributed by atoms with Crippen molar-refractivity contribution in [2.75, 3.05) is 38.9 Å². The Kier molecular flexibility index (Phi) is 5.79. The van der Waals surface area contributed by atoms with E-state index < -0.39 is 5.95 Å². The number of methoxy groups -OCH3 is 2. The maximum atomic E-state index is 13.1. The first kappa shape index (κ1) is 13.8. The van der Waals surface area contributed by atoms with Crippen molar-refractivity contribution in [2.45, 2.75) is 13.0 Å². The van der Waals surface area contributed by atoms with Crippen LogP contribution in [0.2, 0.25) is 0 Å². The van der Waals surface area contributed by atoms with Crippen LogP contribution in [0.5, 0.6) is 0 Å². The van der Waals surface area contributed by atoms with Gasteiger partial charge in [-0.3, -0.25) is 0 Å². The second kappa shape index (κ2) is 7.13. The molecule has 0 fully saturated rings. The Labute approximate surface area is 101 Å². The van der Waals surface area contributed by atoms with Gasteiger partial charge < -0.3 is 14.4 Å². The molecule has 1 heterocycles. The molecular weight excluding hydrogens is 225 g/mol. The molecule has 96 valence electrons. The van der Waals surface area contributed by atoms with Crippen LogP contribution in [0.25, 0.3) is 0 Å². The van der Waals surface area contributed by atoms with E-state index in [4.69, 9.17) is 9.47 Å². The van der Waals surface area contributed by atoms with Gasteiger partial charge in [0.1, 0.15) is 12.1 Å². The highest BCUT2D eigenvalue weighted by Crippen LogP contribution is 2.13. The van der Waals surface area contributed by atoms with Crippen molar-refractivity contribution < 1.29 is 13.9 Å². The van der Waals surface area contributed by atoms with Gasteiger partial charge in [-0.05, 0) is 6.92 Å². The molecule has 1 unspecified atom stereocenters. The SMILES string of the molecule is COCCN(c1cc(F)ncn1)C(C)COC. The van der Waals surface area contributed by atoms with Crippen LogP contribution < -0.4 is 4.90 Å². The standard InChI is InChI=1S/C11H18FN3O2/c1-9(7-17-3)15(4-5-16-2)11-6-10(12)13-8-14-11/h6,8-9H,4-5,7H2,1-3H3. The van der Waals surface area contributed by atoms with E-state index in [2.05, 4.69) is 9.97 Å². The predicted molar refractivity (Wildman–Crippen MR) is 62.6 cm³/mol. The lowest BCUT2D eigenvalue weighted by atomic mass is 10.3. The van der Waals surface area contributed by atoms with E-state index in [1.807, 2.05) is 11.8 Å². The summed E-state index contributed by atoms with van der Waals surface area (Å²) in [5, 5.41) is 0. The summed E-state index contributed by atoms with van der Waals surface area (Å²) >= 11 is 0. The molecule has 0 saturated carbocycles. The molecule has 17 heavy (non-hydrogen) atoms.